The molecule has 15 heavy (non-hydrogen) atoms. The lowest BCUT2D eigenvalue weighted by molar-refractivity contribution is -0.118. The zero-order valence-corrected chi connectivity index (χ0v) is 9.85. The molecule has 1 amide bonds. The Bertz CT molecular complexity index is 287. The van der Waals surface area contributed by atoms with E-state index in [1.807, 2.05) is 24.5 Å². The molecule has 1 aromatic rings. The molecular formula is C12H17NOS. The molecule has 0 radical (unpaired) electrons. The Morgan fingerprint density at radius 3 is 2.73 bits per heavy atom. The molecule has 1 aromatic carbocycles. The maximum atomic E-state index is 11.1. The smallest absolute Gasteiger partial charge is 0.229 e. The second-order valence-electron chi connectivity index (χ2n) is 3.37. The van der Waals surface area contributed by atoms with Crippen LogP contribution in [0.5, 0.6) is 0 Å². The third-order valence-electron chi connectivity index (χ3n) is 2.08. The molecule has 0 aromatic heterocycles. The fourth-order valence-electron chi connectivity index (χ4n) is 1.35. The van der Waals surface area contributed by atoms with Crippen LogP contribution < -0.4 is 5.32 Å². The van der Waals surface area contributed by atoms with Crippen LogP contribution in [0, 0.1) is 0 Å². The van der Waals surface area contributed by atoms with Crippen LogP contribution in [-0.4, -0.2) is 24.5 Å². The van der Waals surface area contributed by atoms with Gasteiger partial charge in [0.1, 0.15) is 0 Å². The minimum atomic E-state index is 0.135. The highest BCUT2D eigenvalue weighted by Gasteiger charge is 1.98. The number of rotatable bonds is 6. The van der Waals surface area contributed by atoms with Gasteiger partial charge in [-0.25, -0.2) is 0 Å². The highest BCUT2D eigenvalue weighted by Crippen LogP contribution is 2.01. The Labute approximate surface area is 95.5 Å². The summed E-state index contributed by atoms with van der Waals surface area (Å²) < 4.78 is 0. The van der Waals surface area contributed by atoms with Crippen LogP contribution in [0.3, 0.4) is 0 Å². The number of thioether (sulfide) groups is 1. The Hall–Kier alpha value is -0.960. The lowest BCUT2D eigenvalue weighted by Gasteiger charge is -2.03. The van der Waals surface area contributed by atoms with E-state index in [0.717, 1.165) is 19.4 Å². The van der Waals surface area contributed by atoms with Crippen LogP contribution in [0.25, 0.3) is 0 Å². The second-order valence-corrected chi connectivity index (χ2v) is 4.24. The fourth-order valence-corrected chi connectivity index (χ4v) is 1.71. The van der Waals surface area contributed by atoms with Crippen LogP contribution in [0.2, 0.25) is 0 Å². The van der Waals surface area contributed by atoms with Crippen molar-refractivity contribution in [2.24, 2.45) is 0 Å². The predicted octanol–water partition coefficient (Wildman–Crippen LogP) is 2.10. The van der Waals surface area contributed by atoms with Crippen LogP contribution in [0.1, 0.15) is 12.0 Å². The quantitative estimate of drug-likeness (QED) is 0.748. The van der Waals surface area contributed by atoms with Crippen molar-refractivity contribution < 1.29 is 4.79 Å². The molecule has 0 aliphatic heterocycles. The highest BCUT2D eigenvalue weighted by molar-refractivity contribution is 7.99. The van der Waals surface area contributed by atoms with Crippen molar-refractivity contribution in [2.75, 3.05) is 18.6 Å². The fraction of sp³-hybridized carbons (Fsp3) is 0.417. The molecule has 82 valence electrons. The van der Waals surface area contributed by atoms with Gasteiger partial charge in [-0.2, -0.15) is 11.8 Å². The first-order valence-corrected chi connectivity index (χ1v) is 6.52. The molecule has 0 aliphatic rings. The molecule has 1 N–H and O–H groups in total. The molecule has 0 saturated carbocycles. The third kappa shape index (κ3) is 5.47. The number of carbonyl (C=O) groups is 1. The lowest BCUT2D eigenvalue weighted by atomic mass is 10.1. The zero-order chi connectivity index (χ0) is 10.9. The number of hydrogen-bond donors (Lipinski definition) is 1. The maximum absolute atomic E-state index is 11.1. The molecule has 3 heteroatoms. The van der Waals surface area contributed by atoms with Crippen molar-refractivity contribution in [3.63, 3.8) is 0 Å². The van der Waals surface area contributed by atoms with Gasteiger partial charge in [-0.15, -0.1) is 0 Å². The van der Waals surface area contributed by atoms with Crippen LogP contribution in [0.4, 0.5) is 0 Å². The highest BCUT2D eigenvalue weighted by atomic mass is 32.2. The van der Waals surface area contributed by atoms with E-state index in [1.54, 1.807) is 11.8 Å². The third-order valence-corrected chi connectivity index (χ3v) is 2.63. The number of amides is 1. The number of carbonyl (C=O) groups excluding carboxylic acids is 1. The van der Waals surface area contributed by atoms with Gasteiger partial charge in [0.25, 0.3) is 0 Å². The van der Waals surface area contributed by atoms with Crippen LogP contribution in [-0.2, 0) is 11.2 Å². The van der Waals surface area contributed by atoms with Gasteiger partial charge in [-0.1, -0.05) is 30.3 Å². The summed E-state index contributed by atoms with van der Waals surface area (Å²) >= 11 is 1.55. The molecule has 0 bridgehead atoms. The molecule has 0 heterocycles. The van der Waals surface area contributed by atoms with E-state index in [-0.39, 0.29) is 5.91 Å². The molecule has 0 aliphatic carbocycles. The first kappa shape index (κ1) is 12.1. The molecular weight excluding hydrogens is 206 g/mol. The SMILES string of the molecule is CSCC(=O)NCCCc1ccccc1. The Morgan fingerprint density at radius 2 is 2.07 bits per heavy atom. The van der Waals surface area contributed by atoms with Crippen LogP contribution >= 0.6 is 11.8 Å². The first-order chi connectivity index (χ1) is 7.33. The van der Waals surface area contributed by atoms with Crippen molar-refractivity contribution in [2.45, 2.75) is 12.8 Å². The van der Waals surface area contributed by atoms with Gasteiger partial charge < -0.3 is 5.32 Å². The largest absolute Gasteiger partial charge is 0.355 e. The Balaban J connectivity index is 2.10. The molecule has 0 fully saturated rings. The van der Waals surface area contributed by atoms with Gasteiger partial charge in [0.05, 0.1) is 5.75 Å². The van der Waals surface area contributed by atoms with Crippen molar-refractivity contribution in [3.05, 3.63) is 35.9 Å². The van der Waals surface area contributed by atoms with E-state index < -0.39 is 0 Å². The van der Waals surface area contributed by atoms with E-state index in [4.69, 9.17) is 0 Å². The van der Waals surface area contributed by atoms with Crippen molar-refractivity contribution in [3.8, 4) is 0 Å². The summed E-state index contributed by atoms with van der Waals surface area (Å²) in [7, 11) is 0. The summed E-state index contributed by atoms with van der Waals surface area (Å²) in [5.74, 6) is 0.696. The first-order valence-electron chi connectivity index (χ1n) is 5.12. The van der Waals surface area contributed by atoms with E-state index in [0.29, 0.717) is 5.75 Å². The normalized spacial score (nSPS) is 9.93. The maximum Gasteiger partial charge on any atom is 0.229 e. The second kappa shape index (κ2) is 7.35. The Morgan fingerprint density at radius 1 is 1.33 bits per heavy atom. The molecule has 2 nitrogen and oxygen atoms in total. The Kier molecular flexibility index (Phi) is 5.93. The standard InChI is InChI=1S/C12H17NOS/c1-15-10-12(14)13-9-5-8-11-6-3-2-4-7-11/h2-4,6-7H,5,8-10H2,1H3,(H,13,14). The summed E-state index contributed by atoms with van der Waals surface area (Å²) in [6.45, 7) is 0.772. The minimum Gasteiger partial charge on any atom is -0.355 e. The topological polar surface area (TPSA) is 29.1 Å². The summed E-state index contributed by atoms with van der Waals surface area (Å²) in [6.07, 6.45) is 3.97. The van der Waals surface area contributed by atoms with Crippen LogP contribution in [0.15, 0.2) is 30.3 Å². The average Bonchev–Trinajstić information content (AvgIpc) is 2.26. The summed E-state index contributed by atoms with van der Waals surface area (Å²) in [6, 6.07) is 10.3. The van der Waals surface area contributed by atoms with Gasteiger partial charge >= 0.3 is 0 Å². The molecule has 0 unspecified atom stereocenters. The number of nitrogens with one attached hydrogen (secondary N) is 1. The van der Waals surface area contributed by atoms with Gasteiger partial charge in [-0.05, 0) is 24.7 Å². The van der Waals surface area contributed by atoms with Crippen molar-refractivity contribution in [1.82, 2.24) is 5.32 Å². The van der Waals surface area contributed by atoms with E-state index in [2.05, 4.69) is 17.4 Å². The summed E-state index contributed by atoms with van der Waals surface area (Å²) in [4.78, 5) is 11.1. The van der Waals surface area contributed by atoms with Gasteiger partial charge in [0.15, 0.2) is 0 Å². The molecule has 0 atom stereocenters. The number of aryl methyl sites for hydroxylation is 1. The summed E-state index contributed by atoms with van der Waals surface area (Å²) in [5.41, 5.74) is 1.33. The number of benzene rings is 1. The van der Waals surface area contributed by atoms with Gasteiger partial charge in [0.2, 0.25) is 5.91 Å². The number of hydrogen-bond acceptors (Lipinski definition) is 2. The van der Waals surface area contributed by atoms with Gasteiger partial charge in [0, 0.05) is 6.54 Å². The zero-order valence-electron chi connectivity index (χ0n) is 9.03. The van der Waals surface area contributed by atoms with Crippen molar-refractivity contribution in [1.29, 1.82) is 0 Å². The summed E-state index contributed by atoms with van der Waals surface area (Å²) in [5, 5.41) is 2.89. The predicted molar refractivity (Wildman–Crippen MR) is 66.2 cm³/mol. The molecule has 0 saturated heterocycles. The van der Waals surface area contributed by atoms with E-state index in [1.165, 1.54) is 5.56 Å². The molecule has 0 spiro atoms. The molecule has 1 rings (SSSR count). The lowest BCUT2D eigenvalue weighted by Crippen LogP contribution is -2.26. The minimum absolute atomic E-state index is 0.135. The monoisotopic (exact) mass is 223 g/mol. The average molecular weight is 223 g/mol. The van der Waals surface area contributed by atoms with Crippen molar-refractivity contribution >= 4 is 17.7 Å². The van der Waals surface area contributed by atoms with E-state index >= 15 is 0 Å². The van der Waals surface area contributed by atoms with E-state index in [9.17, 15) is 4.79 Å². The van der Waals surface area contributed by atoms with Gasteiger partial charge in [-0.3, -0.25) is 4.79 Å².